The number of likely N-dealkylation sites (tertiary alicyclic amines) is 1. The molecule has 156 valence electrons. The Kier molecular flexibility index (Phi) is 7.50. The van der Waals surface area contributed by atoms with Crippen LogP contribution in [-0.2, 0) is 24.2 Å². The van der Waals surface area contributed by atoms with Crippen molar-refractivity contribution in [2.75, 3.05) is 26.2 Å². The van der Waals surface area contributed by atoms with Gasteiger partial charge in [0.05, 0.1) is 6.61 Å². The lowest BCUT2D eigenvalue weighted by Gasteiger charge is -2.32. The number of hydrogen-bond acceptors (Lipinski definition) is 5. The SMILES string of the molecule is CCNC(=NCc1nnc2n1CCCCC2)NC1CCN(C(=O)OCC)CC1. The third-order valence-corrected chi connectivity index (χ3v) is 5.27. The van der Waals surface area contributed by atoms with Gasteiger partial charge in [-0.1, -0.05) is 6.42 Å². The summed E-state index contributed by atoms with van der Waals surface area (Å²) in [6, 6.07) is 0.291. The van der Waals surface area contributed by atoms with Gasteiger partial charge >= 0.3 is 6.09 Å². The van der Waals surface area contributed by atoms with Gasteiger partial charge in [-0.25, -0.2) is 9.79 Å². The minimum absolute atomic E-state index is 0.214. The summed E-state index contributed by atoms with van der Waals surface area (Å²) in [7, 11) is 0. The molecule has 0 bridgehead atoms. The second-order valence-corrected chi connectivity index (χ2v) is 7.29. The Morgan fingerprint density at radius 1 is 1.18 bits per heavy atom. The lowest BCUT2D eigenvalue weighted by atomic mass is 10.1. The van der Waals surface area contributed by atoms with E-state index in [0.29, 0.717) is 32.3 Å². The molecule has 2 aliphatic heterocycles. The van der Waals surface area contributed by atoms with Crippen molar-refractivity contribution in [3.63, 3.8) is 0 Å². The number of fused-ring (bicyclic) bond motifs is 1. The largest absolute Gasteiger partial charge is 0.450 e. The van der Waals surface area contributed by atoms with Gasteiger partial charge < -0.3 is 24.8 Å². The van der Waals surface area contributed by atoms with Crippen molar-refractivity contribution in [3.05, 3.63) is 11.6 Å². The van der Waals surface area contributed by atoms with E-state index in [-0.39, 0.29) is 6.09 Å². The van der Waals surface area contributed by atoms with E-state index in [0.717, 1.165) is 50.0 Å². The first-order chi connectivity index (χ1) is 13.7. The summed E-state index contributed by atoms with van der Waals surface area (Å²) in [5.41, 5.74) is 0. The van der Waals surface area contributed by atoms with Gasteiger partial charge in [0.2, 0.25) is 0 Å². The highest BCUT2D eigenvalue weighted by atomic mass is 16.6. The normalized spacial score (nSPS) is 18.4. The fraction of sp³-hybridized carbons (Fsp3) is 0.789. The first kappa shape index (κ1) is 20.4. The van der Waals surface area contributed by atoms with Gasteiger partial charge in [-0.15, -0.1) is 10.2 Å². The van der Waals surface area contributed by atoms with Crippen LogP contribution in [0.1, 0.15) is 57.6 Å². The van der Waals surface area contributed by atoms with Crippen molar-refractivity contribution in [2.24, 2.45) is 4.99 Å². The summed E-state index contributed by atoms with van der Waals surface area (Å²) in [5, 5.41) is 15.5. The minimum Gasteiger partial charge on any atom is -0.450 e. The molecule has 0 unspecified atom stereocenters. The second-order valence-electron chi connectivity index (χ2n) is 7.29. The third kappa shape index (κ3) is 5.36. The monoisotopic (exact) mass is 391 g/mol. The van der Waals surface area contributed by atoms with Gasteiger partial charge in [0, 0.05) is 38.6 Å². The van der Waals surface area contributed by atoms with Crippen molar-refractivity contribution in [1.29, 1.82) is 0 Å². The van der Waals surface area contributed by atoms with E-state index in [1.54, 1.807) is 4.90 Å². The maximum absolute atomic E-state index is 11.8. The molecule has 1 amide bonds. The van der Waals surface area contributed by atoms with Crippen molar-refractivity contribution in [1.82, 2.24) is 30.3 Å². The van der Waals surface area contributed by atoms with Gasteiger partial charge in [-0.3, -0.25) is 0 Å². The van der Waals surface area contributed by atoms with Crippen molar-refractivity contribution in [2.45, 2.75) is 71.5 Å². The van der Waals surface area contributed by atoms with Crippen molar-refractivity contribution < 1.29 is 9.53 Å². The lowest BCUT2D eigenvalue weighted by molar-refractivity contribution is 0.0963. The number of guanidine groups is 1. The number of aliphatic imine (C=N–C) groups is 1. The van der Waals surface area contributed by atoms with Crippen LogP contribution in [0.3, 0.4) is 0 Å². The lowest BCUT2D eigenvalue weighted by Crippen LogP contribution is -2.49. The average molecular weight is 392 g/mol. The quantitative estimate of drug-likeness (QED) is 0.586. The molecule has 0 aromatic carbocycles. The van der Waals surface area contributed by atoms with Crippen LogP contribution in [0.15, 0.2) is 4.99 Å². The summed E-state index contributed by atoms with van der Waals surface area (Å²) in [6.07, 6.45) is 6.17. The van der Waals surface area contributed by atoms with E-state index >= 15 is 0 Å². The minimum atomic E-state index is -0.214. The van der Waals surface area contributed by atoms with E-state index in [4.69, 9.17) is 9.73 Å². The number of nitrogens with zero attached hydrogens (tertiary/aromatic N) is 5. The summed E-state index contributed by atoms with van der Waals surface area (Å²) >= 11 is 0. The molecule has 9 heteroatoms. The molecule has 0 atom stereocenters. The summed E-state index contributed by atoms with van der Waals surface area (Å²) in [5.74, 6) is 2.82. The average Bonchev–Trinajstić information content (AvgIpc) is 2.93. The maximum atomic E-state index is 11.8. The molecular formula is C19H33N7O2. The number of aryl methyl sites for hydroxylation is 1. The molecule has 3 heterocycles. The first-order valence-corrected chi connectivity index (χ1v) is 10.6. The molecule has 1 saturated heterocycles. The van der Waals surface area contributed by atoms with E-state index < -0.39 is 0 Å². The number of ether oxygens (including phenoxy) is 1. The zero-order chi connectivity index (χ0) is 19.8. The fourth-order valence-electron chi connectivity index (χ4n) is 3.75. The summed E-state index contributed by atoms with van der Waals surface area (Å²) in [4.78, 5) is 18.4. The maximum Gasteiger partial charge on any atom is 0.409 e. The zero-order valence-electron chi connectivity index (χ0n) is 17.1. The standard InChI is InChI=1S/C19H33N7O2/c1-3-20-18(22-15-9-12-25(13-10-15)19(27)28-4-2)21-14-17-24-23-16-8-6-5-7-11-26(16)17/h15H,3-14H2,1-2H3,(H2,20,21,22). The van der Waals surface area contributed by atoms with Crippen LogP contribution in [-0.4, -0.2) is 64.0 Å². The Hall–Kier alpha value is -2.32. The Labute approximate surface area is 166 Å². The van der Waals surface area contributed by atoms with E-state index in [2.05, 4.69) is 32.3 Å². The van der Waals surface area contributed by atoms with Gasteiger partial charge in [0.1, 0.15) is 12.4 Å². The van der Waals surface area contributed by atoms with Crippen LogP contribution in [0.2, 0.25) is 0 Å². The number of amides is 1. The smallest absolute Gasteiger partial charge is 0.409 e. The molecule has 0 spiro atoms. The predicted molar refractivity (Wildman–Crippen MR) is 107 cm³/mol. The van der Waals surface area contributed by atoms with Gasteiger partial charge in [0.15, 0.2) is 11.8 Å². The Morgan fingerprint density at radius 2 is 2.00 bits per heavy atom. The Bertz CT molecular complexity index is 665. The number of carbonyl (C=O) groups excluding carboxylic acids is 1. The molecule has 3 rings (SSSR count). The van der Waals surface area contributed by atoms with Gasteiger partial charge in [-0.05, 0) is 39.5 Å². The molecule has 0 radical (unpaired) electrons. The van der Waals surface area contributed by atoms with Gasteiger partial charge in [-0.2, -0.15) is 0 Å². The molecule has 1 aromatic heterocycles. The number of rotatable bonds is 5. The highest BCUT2D eigenvalue weighted by Gasteiger charge is 2.24. The molecular weight excluding hydrogens is 358 g/mol. The van der Waals surface area contributed by atoms with Gasteiger partial charge in [0.25, 0.3) is 0 Å². The molecule has 28 heavy (non-hydrogen) atoms. The molecule has 1 fully saturated rings. The second kappa shape index (κ2) is 10.3. The molecule has 2 aliphatic rings. The highest BCUT2D eigenvalue weighted by Crippen LogP contribution is 2.15. The van der Waals surface area contributed by atoms with Crippen LogP contribution < -0.4 is 10.6 Å². The number of nitrogens with one attached hydrogen (secondary N) is 2. The highest BCUT2D eigenvalue weighted by molar-refractivity contribution is 5.80. The number of piperidine rings is 1. The van der Waals surface area contributed by atoms with E-state index in [1.807, 2.05) is 6.92 Å². The molecule has 0 aliphatic carbocycles. The molecule has 0 saturated carbocycles. The van der Waals surface area contributed by atoms with Crippen molar-refractivity contribution >= 4 is 12.1 Å². The number of hydrogen-bond donors (Lipinski definition) is 2. The van der Waals surface area contributed by atoms with Crippen LogP contribution in [0.25, 0.3) is 0 Å². The summed E-state index contributed by atoms with van der Waals surface area (Å²) in [6.45, 7) is 8.02. The van der Waals surface area contributed by atoms with E-state index in [9.17, 15) is 4.79 Å². The summed E-state index contributed by atoms with van der Waals surface area (Å²) < 4.78 is 7.32. The van der Waals surface area contributed by atoms with Crippen molar-refractivity contribution in [3.8, 4) is 0 Å². The van der Waals surface area contributed by atoms with Crippen LogP contribution in [0, 0.1) is 0 Å². The Morgan fingerprint density at radius 3 is 2.75 bits per heavy atom. The third-order valence-electron chi connectivity index (χ3n) is 5.27. The fourth-order valence-corrected chi connectivity index (χ4v) is 3.75. The zero-order valence-corrected chi connectivity index (χ0v) is 17.1. The molecule has 9 nitrogen and oxygen atoms in total. The topological polar surface area (TPSA) is 96.7 Å². The van der Waals surface area contributed by atoms with Crippen LogP contribution in [0.4, 0.5) is 4.79 Å². The molecule has 2 N–H and O–H groups in total. The number of aromatic nitrogens is 3. The van der Waals surface area contributed by atoms with Crippen LogP contribution in [0.5, 0.6) is 0 Å². The number of carbonyl (C=O) groups is 1. The predicted octanol–water partition coefficient (Wildman–Crippen LogP) is 1.68. The van der Waals surface area contributed by atoms with Crippen LogP contribution >= 0.6 is 0 Å². The Balaban J connectivity index is 1.55. The first-order valence-electron chi connectivity index (χ1n) is 10.6. The van der Waals surface area contributed by atoms with E-state index in [1.165, 1.54) is 19.3 Å². The molecule has 1 aromatic rings.